The van der Waals surface area contributed by atoms with Crippen LogP contribution in [0.15, 0.2) is 47.1 Å². The van der Waals surface area contributed by atoms with E-state index in [9.17, 15) is 14.0 Å². The summed E-state index contributed by atoms with van der Waals surface area (Å²) in [7, 11) is 0. The van der Waals surface area contributed by atoms with Gasteiger partial charge in [-0.1, -0.05) is 12.1 Å². The molecule has 148 valence electrons. The van der Waals surface area contributed by atoms with Crippen LogP contribution < -0.4 is 4.90 Å². The van der Waals surface area contributed by atoms with Crippen LogP contribution in [0.4, 0.5) is 10.1 Å². The Kier molecular flexibility index (Phi) is 5.32. The van der Waals surface area contributed by atoms with Crippen LogP contribution in [-0.2, 0) is 4.79 Å². The first-order valence-corrected chi connectivity index (χ1v) is 9.74. The van der Waals surface area contributed by atoms with Gasteiger partial charge in [0.2, 0.25) is 5.91 Å². The van der Waals surface area contributed by atoms with Gasteiger partial charge in [-0.3, -0.25) is 9.59 Å². The number of likely N-dealkylation sites (tertiary alicyclic amines) is 1. The molecule has 2 amide bonds. The number of hydrogen-bond acceptors (Lipinski definition) is 4. The highest BCUT2D eigenvalue weighted by molar-refractivity contribution is 5.91. The first-order valence-electron chi connectivity index (χ1n) is 9.74. The number of para-hydroxylation sites is 1. The Morgan fingerprint density at radius 2 is 1.61 bits per heavy atom. The molecule has 1 aromatic heterocycles. The van der Waals surface area contributed by atoms with Crippen LogP contribution in [0.2, 0.25) is 0 Å². The zero-order valence-electron chi connectivity index (χ0n) is 15.7. The van der Waals surface area contributed by atoms with Crippen LogP contribution in [0.5, 0.6) is 0 Å². The third-order valence-electron chi connectivity index (χ3n) is 5.65. The van der Waals surface area contributed by atoms with Gasteiger partial charge in [0.05, 0.1) is 12.0 Å². The topological polar surface area (TPSA) is 57.0 Å². The molecule has 0 aliphatic carbocycles. The normalized spacial score (nSPS) is 18.4. The van der Waals surface area contributed by atoms with Gasteiger partial charge in [-0.15, -0.1) is 0 Å². The largest absolute Gasteiger partial charge is 0.459 e. The Bertz CT molecular complexity index is 823. The zero-order chi connectivity index (χ0) is 19.5. The smallest absolute Gasteiger partial charge is 0.289 e. The predicted molar refractivity (Wildman–Crippen MR) is 103 cm³/mol. The number of nitrogens with zero attached hydrogens (tertiary/aromatic N) is 3. The van der Waals surface area contributed by atoms with Crippen molar-refractivity contribution in [3.63, 3.8) is 0 Å². The number of halogens is 1. The van der Waals surface area contributed by atoms with Crippen molar-refractivity contribution in [2.24, 2.45) is 5.92 Å². The molecule has 0 saturated carbocycles. The molecule has 2 aliphatic heterocycles. The maximum Gasteiger partial charge on any atom is 0.289 e. The van der Waals surface area contributed by atoms with Gasteiger partial charge in [0.1, 0.15) is 5.82 Å². The predicted octanol–water partition coefficient (Wildman–Crippen LogP) is 2.62. The maximum atomic E-state index is 14.0. The lowest BCUT2D eigenvalue weighted by atomic mass is 9.94. The molecule has 0 unspecified atom stereocenters. The van der Waals surface area contributed by atoms with E-state index in [1.54, 1.807) is 29.2 Å². The Balaban J connectivity index is 1.28. The van der Waals surface area contributed by atoms with Crippen molar-refractivity contribution < 1.29 is 18.4 Å². The van der Waals surface area contributed by atoms with Crippen molar-refractivity contribution in [2.75, 3.05) is 44.2 Å². The van der Waals surface area contributed by atoms with Crippen LogP contribution in [0.25, 0.3) is 0 Å². The highest BCUT2D eigenvalue weighted by Crippen LogP contribution is 2.24. The number of anilines is 1. The highest BCUT2D eigenvalue weighted by atomic mass is 19.1. The zero-order valence-corrected chi connectivity index (χ0v) is 15.7. The van der Waals surface area contributed by atoms with Crippen molar-refractivity contribution in [2.45, 2.75) is 12.8 Å². The van der Waals surface area contributed by atoms with Crippen LogP contribution in [0.1, 0.15) is 23.4 Å². The van der Waals surface area contributed by atoms with E-state index in [1.807, 2.05) is 15.9 Å². The lowest BCUT2D eigenvalue weighted by molar-refractivity contribution is -0.137. The minimum atomic E-state index is -0.226. The van der Waals surface area contributed by atoms with Gasteiger partial charge in [-0.25, -0.2) is 4.39 Å². The first kappa shape index (κ1) is 18.5. The van der Waals surface area contributed by atoms with Gasteiger partial charge < -0.3 is 19.1 Å². The van der Waals surface area contributed by atoms with Crippen molar-refractivity contribution in [3.8, 4) is 0 Å². The number of carbonyl (C=O) groups excluding carboxylic acids is 2. The van der Waals surface area contributed by atoms with E-state index >= 15 is 0 Å². The molecule has 3 heterocycles. The van der Waals surface area contributed by atoms with Crippen molar-refractivity contribution in [1.82, 2.24) is 9.80 Å². The maximum absolute atomic E-state index is 14.0. The Morgan fingerprint density at radius 3 is 2.25 bits per heavy atom. The Labute approximate surface area is 163 Å². The van der Waals surface area contributed by atoms with Crippen LogP contribution >= 0.6 is 0 Å². The fourth-order valence-electron chi connectivity index (χ4n) is 4.02. The second-order valence-corrected chi connectivity index (χ2v) is 7.31. The SMILES string of the molecule is O=C(c1ccco1)N1CCC(C(=O)N2CCN(c3ccccc3F)CC2)CC1. The average molecular weight is 385 g/mol. The summed E-state index contributed by atoms with van der Waals surface area (Å²) in [4.78, 5) is 30.8. The summed E-state index contributed by atoms with van der Waals surface area (Å²) in [6, 6.07) is 10.1. The van der Waals surface area contributed by atoms with Crippen molar-refractivity contribution in [1.29, 1.82) is 0 Å². The molecular weight excluding hydrogens is 361 g/mol. The molecule has 2 aromatic rings. The number of rotatable bonds is 3. The summed E-state index contributed by atoms with van der Waals surface area (Å²) in [5.41, 5.74) is 0.597. The molecule has 0 N–H and O–H groups in total. The van der Waals surface area contributed by atoms with Crippen LogP contribution in [0.3, 0.4) is 0 Å². The fourth-order valence-corrected chi connectivity index (χ4v) is 4.02. The van der Waals surface area contributed by atoms with E-state index in [1.165, 1.54) is 12.3 Å². The summed E-state index contributed by atoms with van der Waals surface area (Å²) >= 11 is 0. The number of piperidine rings is 1. The first-order chi connectivity index (χ1) is 13.6. The molecule has 6 nitrogen and oxygen atoms in total. The molecule has 0 atom stereocenters. The van der Waals surface area contributed by atoms with Crippen LogP contribution in [-0.4, -0.2) is 60.9 Å². The van der Waals surface area contributed by atoms with E-state index < -0.39 is 0 Å². The Hall–Kier alpha value is -2.83. The molecule has 7 heteroatoms. The Morgan fingerprint density at radius 1 is 0.893 bits per heavy atom. The molecule has 28 heavy (non-hydrogen) atoms. The number of piperazine rings is 1. The summed E-state index contributed by atoms with van der Waals surface area (Å²) in [5.74, 6) is 0.0956. The summed E-state index contributed by atoms with van der Waals surface area (Å²) in [6.07, 6.45) is 2.82. The highest BCUT2D eigenvalue weighted by Gasteiger charge is 2.32. The van der Waals surface area contributed by atoms with Crippen molar-refractivity contribution in [3.05, 3.63) is 54.2 Å². The molecule has 0 bridgehead atoms. The number of carbonyl (C=O) groups is 2. The van der Waals surface area contributed by atoms with Gasteiger partial charge in [0.15, 0.2) is 5.76 Å². The van der Waals surface area contributed by atoms with Gasteiger partial charge in [-0.2, -0.15) is 0 Å². The molecule has 0 radical (unpaired) electrons. The van der Waals surface area contributed by atoms with E-state index in [0.717, 1.165) is 0 Å². The van der Waals surface area contributed by atoms with Crippen molar-refractivity contribution >= 4 is 17.5 Å². The minimum absolute atomic E-state index is 0.0549. The third kappa shape index (κ3) is 3.74. The molecule has 1 aromatic carbocycles. The number of amides is 2. The van der Waals surface area contributed by atoms with Gasteiger partial charge in [0.25, 0.3) is 5.91 Å². The molecule has 0 spiro atoms. The second kappa shape index (κ2) is 8.04. The molecule has 4 rings (SSSR count). The van der Waals surface area contributed by atoms with E-state index in [-0.39, 0.29) is 23.5 Å². The lowest BCUT2D eigenvalue weighted by Crippen LogP contribution is -2.52. The molecular formula is C21H24FN3O3. The summed E-state index contributed by atoms with van der Waals surface area (Å²) < 4.78 is 19.1. The molecule has 2 saturated heterocycles. The van der Waals surface area contributed by atoms with Gasteiger partial charge >= 0.3 is 0 Å². The third-order valence-corrected chi connectivity index (χ3v) is 5.65. The lowest BCUT2D eigenvalue weighted by Gasteiger charge is -2.39. The summed E-state index contributed by atoms with van der Waals surface area (Å²) in [6.45, 7) is 3.57. The quantitative estimate of drug-likeness (QED) is 0.815. The molecule has 2 fully saturated rings. The number of furan rings is 1. The van der Waals surface area contributed by atoms with Crippen LogP contribution in [0, 0.1) is 11.7 Å². The van der Waals surface area contributed by atoms with Gasteiger partial charge in [0, 0.05) is 45.2 Å². The van der Waals surface area contributed by atoms with E-state index in [2.05, 4.69) is 0 Å². The van der Waals surface area contributed by atoms with E-state index in [0.29, 0.717) is 63.6 Å². The number of hydrogen-bond donors (Lipinski definition) is 0. The molecule has 2 aliphatic rings. The average Bonchev–Trinajstić information content (AvgIpc) is 3.28. The second-order valence-electron chi connectivity index (χ2n) is 7.31. The summed E-state index contributed by atoms with van der Waals surface area (Å²) in [5, 5.41) is 0. The monoisotopic (exact) mass is 385 g/mol. The fraction of sp³-hybridized carbons (Fsp3) is 0.429. The standard InChI is InChI=1S/C21H24FN3O3/c22-17-4-1-2-5-18(17)23-11-13-25(14-12-23)20(26)16-7-9-24(10-8-16)21(27)19-6-3-15-28-19/h1-6,15-16H,7-14H2. The van der Waals surface area contributed by atoms with E-state index in [4.69, 9.17) is 4.42 Å². The minimum Gasteiger partial charge on any atom is -0.459 e. The van der Waals surface area contributed by atoms with Gasteiger partial charge in [-0.05, 0) is 37.1 Å². The number of benzene rings is 1.